The highest BCUT2D eigenvalue weighted by Gasteiger charge is 2.40. The molecule has 8 nitrogen and oxygen atoms in total. The lowest BCUT2D eigenvalue weighted by atomic mass is 10.0. The molecule has 0 unspecified atom stereocenters. The number of thiazole rings is 1. The second-order valence-corrected chi connectivity index (χ2v) is 12.1. The molecule has 1 aromatic carbocycles. The third-order valence-corrected chi connectivity index (χ3v) is 9.27. The highest BCUT2D eigenvalue weighted by Crippen LogP contribution is 2.49. The molecule has 0 spiro atoms. The highest BCUT2D eigenvalue weighted by atomic mass is 32.2. The molecule has 2 aliphatic rings. The van der Waals surface area contributed by atoms with Crippen LogP contribution in [-0.4, -0.2) is 69.5 Å². The molecular formula is C26H28F3N5O3S2. The zero-order chi connectivity index (χ0) is 28.2. The second-order valence-electron chi connectivity index (χ2n) is 9.85. The number of benzene rings is 1. The van der Waals surface area contributed by atoms with Crippen molar-refractivity contribution in [1.29, 1.82) is 0 Å². The number of nitrogens with zero attached hydrogens (tertiary/aromatic N) is 5. The highest BCUT2D eigenvalue weighted by molar-refractivity contribution is 7.99. The van der Waals surface area contributed by atoms with Gasteiger partial charge in [-0.15, -0.1) is 23.1 Å². The molecule has 0 radical (unpaired) electrons. The standard InChI is InChI=1S/C26H28F3N5O3S2/c1-6-19(35)34-13(2)9-32(10-14(34)3)23-17-7-18(26(27,28)29)20(24-30-8-15(4)39-24)22-21(17)33(25(36)31-23)11-16(37-5)12-38-22/h6-8,13-14,16H,1,9-12H2,2-5H3/t13-,14+,16-/m0/s1. The summed E-state index contributed by atoms with van der Waals surface area (Å²) in [4.78, 5) is 39.2. The Morgan fingerprint density at radius 3 is 2.49 bits per heavy atom. The Balaban J connectivity index is 1.81. The predicted octanol–water partition coefficient (Wildman–Crippen LogP) is 4.58. The number of piperazine rings is 1. The molecule has 0 bridgehead atoms. The van der Waals surface area contributed by atoms with Gasteiger partial charge in [-0.25, -0.2) is 9.78 Å². The Kier molecular flexibility index (Phi) is 7.27. The van der Waals surface area contributed by atoms with Crippen molar-refractivity contribution in [2.75, 3.05) is 30.9 Å². The molecule has 5 rings (SSSR count). The fraction of sp³-hybridized carbons (Fsp3) is 0.462. The van der Waals surface area contributed by atoms with Crippen molar-refractivity contribution in [3.8, 4) is 10.6 Å². The molecular weight excluding hydrogens is 551 g/mol. The van der Waals surface area contributed by atoms with Gasteiger partial charge in [0, 0.05) is 65.0 Å². The second kappa shape index (κ2) is 10.3. The number of carbonyl (C=O) groups is 1. The number of alkyl halides is 3. The molecule has 13 heteroatoms. The van der Waals surface area contributed by atoms with E-state index in [0.29, 0.717) is 29.3 Å². The van der Waals surface area contributed by atoms with Crippen LogP contribution < -0.4 is 10.6 Å². The smallest absolute Gasteiger partial charge is 0.379 e. The molecule has 2 aliphatic heterocycles. The van der Waals surface area contributed by atoms with Crippen molar-refractivity contribution in [2.24, 2.45) is 0 Å². The number of aromatic nitrogens is 3. The average Bonchev–Trinajstić information content (AvgIpc) is 3.20. The number of hydrogen-bond acceptors (Lipinski definition) is 8. The number of amides is 1. The lowest BCUT2D eigenvalue weighted by Gasteiger charge is -2.44. The molecule has 0 saturated carbocycles. The van der Waals surface area contributed by atoms with Gasteiger partial charge < -0.3 is 14.5 Å². The maximum atomic E-state index is 14.7. The van der Waals surface area contributed by atoms with Crippen LogP contribution in [-0.2, 0) is 22.3 Å². The number of thioether (sulfide) groups is 1. The van der Waals surface area contributed by atoms with Crippen LogP contribution in [0.4, 0.5) is 19.0 Å². The van der Waals surface area contributed by atoms with E-state index in [1.165, 1.54) is 40.9 Å². The van der Waals surface area contributed by atoms with Crippen LogP contribution in [0.1, 0.15) is 24.3 Å². The first-order valence-electron chi connectivity index (χ1n) is 12.4. The van der Waals surface area contributed by atoms with Crippen LogP contribution in [0, 0.1) is 6.92 Å². The number of aryl methyl sites for hydroxylation is 1. The van der Waals surface area contributed by atoms with Gasteiger partial charge in [-0.1, -0.05) is 6.58 Å². The molecule has 1 saturated heterocycles. The summed E-state index contributed by atoms with van der Waals surface area (Å²) in [5.41, 5.74) is -1.01. The van der Waals surface area contributed by atoms with Crippen molar-refractivity contribution in [1.82, 2.24) is 19.4 Å². The van der Waals surface area contributed by atoms with Gasteiger partial charge in [0.05, 0.1) is 23.7 Å². The number of rotatable bonds is 4. The predicted molar refractivity (Wildman–Crippen MR) is 147 cm³/mol. The minimum Gasteiger partial charge on any atom is -0.379 e. The number of anilines is 1. The first kappa shape index (κ1) is 27.7. The summed E-state index contributed by atoms with van der Waals surface area (Å²) in [5, 5.41) is 0.484. The van der Waals surface area contributed by atoms with Crippen molar-refractivity contribution >= 4 is 45.7 Å². The minimum absolute atomic E-state index is 0.0247. The first-order chi connectivity index (χ1) is 18.4. The lowest BCUT2D eigenvalue weighted by Crippen LogP contribution is -2.58. The van der Waals surface area contributed by atoms with Gasteiger partial charge in [-0.05, 0) is 32.9 Å². The molecule has 0 aliphatic carbocycles. The lowest BCUT2D eigenvalue weighted by molar-refractivity contribution is -0.137. The van der Waals surface area contributed by atoms with Crippen LogP contribution in [0.2, 0.25) is 0 Å². The quantitative estimate of drug-likeness (QED) is 0.419. The Morgan fingerprint density at radius 1 is 1.23 bits per heavy atom. The minimum atomic E-state index is -4.68. The number of hydrogen-bond donors (Lipinski definition) is 0. The van der Waals surface area contributed by atoms with Crippen LogP contribution >= 0.6 is 23.1 Å². The van der Waals surface area contributed by atoms with Gasteiger partial charge in [-0.2, -0.15) is 18.2 Å². The van der Waals surface area contributed by atoms with Gasteiger partial charge in [-0.3, -0.25) is 9.36 Å². The first-order valence-corrected chi connectivity index (χ1v) is 14.2. The van der Waals surface area contributed by atoms with Crippen molar-refractivity contribution in [3.63, 3.8) is 0 Å². The maximum absolute atomic E-state index is 14.7. The summed E-state index contributed by atoms with van der Waals surface area (Å²) in [5.74, 6) is 0.318. The van der Waals surface area contributed by atoms with Gasteiger partial charge >= 0.3 is 11.9 Å². The van der Waals surface area contributed by atoms with Crippen molar-refractivity contribution in [3.05, 3.63) is 45.8 Å². The van der Waals surface area contributed by atoms with Crippen LogP contribution in [0.5, 0.6) is 0 Å². The van der Waals surface area contributed by atoms with E-state index >= 15 is 0 Å². The summed E-state index contributed by atoms with van der Waals surface area (Å²) in [6.07, 6.45) is -2.28. The number of ether oxygens (including phenoxy) is 1. The fourth-order valence-corrected chi connectivity index (χ4v) is 7.66. The van der Waals surface area contributed by atoms with Gasteiger partial charge in [0.15, 0.2) is 0 Å². The Bertz CT molecular complexity index is 1510. The van der Waals surface area contributed by atoms with Crippen LogP contribution in [0.25, 0.3) is 21.5 Å². The SMILES string of the molecule is C=CC(=O)N1[C@H](C)CN(c2nc(=O)n3c4c(c(-c5ncc(C)s5)c(C(F)(F)F)cc24)SC[C@@H](OC)C3)C[C@@H]1C. The van der Waals surface area contributed by atoms with E-state index in [2.05, 4.69) is 16.5 Å². The van der Waals surface area contributed by atoms with Crippen LogP contribution in [0.15, 0.2) is 34.6 Å². The molecule has 208 valence electrons. The molecule has 2 aromatic heterocycles. The molecule has 4 heterocycles. The summed E-state index contributed by atoms with van der Waals surface area (Å²) < 4.78 is 51.1. The monoisotopic (exact) mass is 579 g/mol. The maximum Gasteiger partial charge on any atom is 0.417 e. The molecule has 39 heavy (non-hydrogen) atoms. The van der Waals surface area contributed by atoms with Gasteiger partial charge in [0.1, 0.15) is 10.8 Å². The van der Waals surface area contributed by atoms with Gasteiger partial charge in [0.25, 0.3) is 0 Å². The van der Waals surface area contributed by atoms with E-state index < -0.39 is 23.5 Å². The van der Waals surface area contributed by atoms with E-state index in [-0.39, 0.29) is 46.3 Å². The summed E-state index contributed by atoms with van der Waals surface area (Å²) in [6.45, 7) is 9.84. The van der Waals surface area contributed by atoms with Gasteiger partial charge in [0.2, 0.25) is 5.91 Å². The zero-order valence-electron chi connectivity index (χ0n) is 21.9. The van der Waals surface area contributed by atoms with E-state index in [4.69, 9.17) is 4.74 Å². The molecule has 0 N–H and O–H groups in total. The van der Waals surface area contributed by atoms with E-state index in [1.807, 2.05) is 18.7 Å². The number of methoxy groups -OCH3 is 1. The number of halogens is 3. The fourth-order valence-electron chi connectivity index (χ4n) is 5.46. The summed E-state index contributed by atoms with van der Waals surface area (Å²) in [7, 11) is 1.52. The van der Waals surface area contributed by atoms with E-state index in [1.54, 1.807) is 18.0 Å². The largest absolute Gasteiger partial charge is 0.417 e. The normalized spacial score (nSPS) is 21.8. The Labute approximate surface area is 231 Å². The molecule has 1 fully saturated rings. The zero-order valence-corrected chi connectivity index (χ0v) is 23.5. The topological polar surface area (TPSA) is 80.6 Å². The third-order valence-electron chi connectivity index (χ3n) is 7.12. The van der Waals surface area contributed by atoms with E-state index in [0.717, 1.165) is 10.9 Å². The van der Waals surface area contributed by atoms with E-state index in [9.17, 15) is 22.8 Å². The summed E-state index contributed by atoms with van der Waals surface area (Å²) in [6, 6.07) is 0.550. The van der Waals surface area contributed by atoms with Crippen molar-refractivity contribution < 1.29 is 22.7 Å². The average molecular weight is 580 g/mol. The molecule has 3 atom stereocenters. The Hall–Kier alpha value is -2.90. The third kappa shape index (κ3) is 4.84. The van der Waals surface area contributed by atoms with Crippen LogP contribution in [0.3, 0.4) is 0 Å². The Morgan fingerprint density at radius 2 is 1.92 bits per heavy atom. The summed E-state index contributed by atoms with van der Waals surface area (Å²) >= 11 is 2.42. The number of carbonyl (C=O) groups excluding carboxylic acids is 1. The molecule has 1 amide bonds. The van der Waals surface area contributed by atoms with Crippen molar-refractivity contribution in [2.45, 2.75) is 56.6 Å². The molecule has 3 aromatic rings.